The maximum Gasteiger partial charge on any atom is 0.418 e. The van der Waals surface area contributed by atoms with Crippen LogP contribution in [0.1, 0.15) is 22.3 Å². The van der Waals surface area contributed by atoms with Gasteiger partial charge in [-0.05, 0) is 65.7 Å². The number of carboxylic acid groups (broad SMARTS) is 1. The van der Waals surface area contributed by atoms with Crippen LogP contribution in [0, 0.1) is 0 Å². The van der Waals surface area contributed by atoms with Gasteiger partial charge in [0.15, 0.2) is 0 Å². The smallest absolute Gasteiger partial charge is 0.418 e. The molecule has 0 fully saturated rings. The number of benzene rings is 4. The lowest BCUT2D eigenvalue weighted by atomic mass is 9.99. The fraction of sp³-hybridized carbons (Fsp3) is 0.0968. The van der Waals surface area contributed by atoms with Crippen LogP contribution in [0.3, 0.4) is 0 Å². The zero-order chi connectivity index (χ0) is 33.7. The zero-order valence-electron chi connectivity index (χ0n) is 23.2. The number of halogens is 6. The Kier molecular flexibility index (Phi) is 10.2. The second kappa shape index (κ2) is 13.7. The maximum atomic E-state index is 14.3. The summed E-state index contributed by atoms with van der Waals surface area (Å²) in [7, 11) is -4.06. The third kappa shape index (κ3) is 8.91. The summed E-state index contributed by atoms with van der Waals surface area (Å²) in [5, 5.41) is 11.2. The molecule has 0 saturated carbocycles. The summed E-state index contributed by atoms with van der Waals surface area (Å²) in [6, 6.07) is 19.6. The highest BCUT2D eigenvalue weighted by molar-refractivity contribution is 7.99. The molecular weight excluding hydrogens is 658 g/mol. The summed E-state index contributed by atoms with van der Waals surface area (Å²) >= 11 is 0.352. The van der Waals surface area contributed by atoms with Crippen LogP contribution in [0.4, 0.5) is 37.7 Å². The number of anilines is 2. The number of carbonyl (C=O) groups is 2. The first-order valence-corrected chi connectivity index (χ1v) is 15.3. The Hall–Kier alpha value is -4.76. The van der Waals surface area contributed by atoms with E-state index in [-0.39, 0.29) is 27.6 Å². The maximum absolute atomic E-state index is 14.3. The van der Waals surface area contributed by atoms with Crippen LogP contribution in [-0.2, 0) is 38.4 Å². The third-order valence-electron chi connectivity index (χ3n) is 6.12. The summed E-state index contributed by atoms with van der Waals surface area (Å²) in [6.07, 6.45) is -9.97. The normalized spacial score (nSPS) is 12.2. The van der Waals surface area contributed by atoms with E-state index in [9.17, 15) is 44.3 Å². The van der Waals surface area contributed by atoms with E-state index in [1.54, 1.807) is 6.07 Å². The molecule has 3 N–H and O–H groups in total. The molecule has 0 atom stereocenters. The van der Waals surface area contributed by atoms with Crippen molar-refractivity contribution in [3.63, 3.8) is 0 Å². The number of nitrogens with one attached hydrogen (secondary N) is 2. The average molecular weight is 681 g/mol. The molecule has 0 heterocycles. The van der Waals surface area contributed by atoms with E-state index in [1.165, 1.54) is 72.8 Å². The Morgan fingerprint density at radius 1 is 0.783 bits per heavy atom. The summed E-state index contributed by atoms with van der Waals surface area (Å²) in [4.78, 5) is 22.3. The monoisotopic (exact) mass is 680 g/mol. The Balaban J connectivity index is 1.63. The predicted molar refractivity (Wildman–Crippen MR) is 160 cm³/mol. The van der Waals surface area contributed by atoms with Gasteiger partial charge in [-0.2, -0.15) is 26.3 Å². The van der Waals surface area contributed by atoms with Crippen LogP contribution in [0.2, 0.25) is 0 Å². The van der Waals surface area contributed by atoms with E-state index in [4.69, 9.17) is 5.11 Å². The van der Waals surface area contributed by atoms with Crippen LogP contribution in [0.5, 0.6) is 0 Å². The van der Waals surface area contributed by atoms with Crippen molar-refractivity contribution in [2.24, 2.45) is 0 Å². The molecule has 0 spiro atoms. The molecule has 15 heteroatoms. The van der Waals surface area contributed by atoms with E-state index >= 15 is 0 Å². The van der Waals surface area contributed by atoms with Crippen molar-refractivity contribution in [1.82, 2.24) is 0 Å². The van der Waals surface area contributed by atoms with Crippen LogP contribution in [0.25, 0.3) is 6.08 Å². The second-order valence-corrected chi connectivity index (χ2v) is 12.3. The minimum absolute atomic E-state index is 0.0175. The molecule has 1 amide bonds. The number of rotatable bonds is 10. The fourth-order valence-electron chi connectivity index (χ4n) is 4.20. The van der Waals surface area contributed by atoms with Gasteiger partial charge in [0.1, 0.15) is 0 Å². The van der Waals surface area contributed by atoms with E-state index in [0.29, 0.717) is 29.5 Å². The van der Waals surface area contributed by atoms with Crippen molar-refractivity contribution in [2.45, 2.75) is 33.5 Å². The van der Waals surface area contributed by atoms with Gasteiger partial charge in [0, 0.05) is 27.2 Å². The third-order valence-corrected chi connectivity index (χ3v) is 8.57. The van der Waals surface area contributed by atoms with E-state index in [0.717, 1.165) is 12.1 Å². The SMILES string of the molecule is O=C(O)Cc1ccc(NC(=O)C=Cc2ccc(Sc3cccc(NS(=O)(=O)c4ccccc4)c3)c(C(F)(F)F)c2C(F)(F)F)cc1. The van der Waals surface area contributed by atoms with Gasteiger partial charge in [-0.1, -0.05) is 54.2 Å². The molecule has 0 aliphatic carbocycles. The lowest BCUT2D eigenvalue weighted by molar-refractivity contribution is -0.163. The molecule has 0 radical (unpaired) electrons. The first-order valence-electron chi connectivity index (χ1n) is 13.0. The molecule has 0 bridgehead atoms. The number of carboxylic acids is 1. The quantitative estimate of drug-likeness (QED) is 0.116. The minimum Gasteiger partial charge on any atom is -0.481 e. The summed E-state index contributed by atoms with van der Waals surface area (Å²) < 4.78 is 113. The molecule has 0 aliphatic rings. The van der Waals surface area contributed by atoms with Crippen molar-refractivity contribution in [1.29, 1.82) is 0 Å². The first kappa shape index (κ1) is 34.1. The van der Waals surface area contributed by atoms with Gasteiger partial charge in [-0.3, -0.25) is 14.3 Å². The van der Waals surface area contributed by atoms with Gasteiger partial charge in [-0.25, -0.2) is 8.42 Å². The van der Waals surface area contributed by atoms with Crippen molar-refractivity contribution in [3.8, 4) is 0 Å². The Labute approximate surface area is 263 Å². The fourth-order valence-corrected chi connectivity index (χ4v) is 6.32. The van der Waals surface area contributed by atoms with Gasteiger partial charge < -0.3 is 10.4 Å². The van der Waals surface area contributed by atoms with E-state index in [2.05, 4.69) is 10.0 Å². The molecule has 4 rings (SSSR count). The molecule has 4 aromatic carbocycles. The average Bonchev–Trinajstić information content (AvgIpc) is 2.96. The van der Waals surface area contributed by atoms with Crippen molar-refractivity contribution in [2.75, 3.05) is 10.0 Å². The number of hydrogen-bond donors (Lipinski definition) is 3. The number of sulfonamides is 1. The molecule has 0 unspecified atom stereocenters. The van der Waals surface area contributed by atoms with Crippen LogP contribution in [-0.4, -0.2) is 25.4 Å². The summed E-state index contributed by atoms with van der Waals surface area (Å²) in [6.45, 7) is 0. The summed E-state index contributed by atoms with van der Waals surface area (Å²) in [5.74, 6) is -2.02. The highest BCUT2D eigenvalue weighted by Crippen LogP contribution is 2.48. The number of hydrogen-bond acceptors (Lipinski definition) is 5. The van der Waals surface area contributed by atoms with Crippen LogP contribution in [0.15, 0.2) is 112 Å². The van der Waals surface area contributed by atoms with Crippen molar-refractivity contribution >= 4 is 51.1 Å². The van der Waals surface area contributed by atoms with Gasteiger partial charge in [0.25, 0.3) is 10.0 Å². The van der Waals surface area contributed by atoms with Crippen molar-refractivity contribution in [3.05, 3.63) is 119 Å². The number of amides is 1. The Bertz CT molecular complexity index is 1880. The molecule has 46 heavy (non-hydrogen) atoms. The molecule has 4 aromatic rings. The molecular formula is C31H22F6N2O5S2. The largest absolute Gasteiger partial charge is 0.481 e. The van der Waals surface area contributed by atoms with E-state index < -0.39 is 55.8 Å². The number of aliphatic carboxylic acids is 1. The zero-order valence-corrected chi connectivity index (χ0v) is 24.8. The minimum atomic E-state index is -5.48. The molecule has 0 saturated heterocycles. The Morgan fingerprint density at radius 2 is 1.43 bits per heavy atom. The lowest BCUT2D eigenvalue weighted by Crippen LogP contribution is -2.19. The highest BCUT2D eigenvalue weighted by atomic mass is 32.2. The molecule has 240 valence electrons. The van der Waals surface area contributed by atoms with Crippen molar-refractivity contribution < 1.29 is 49.5 Å². The van der Waals surface area contributed by atoms with Gasteiger partial charge in [0.05, 0.1) is 22.4 Å². The summed E-state index contributed by atoms with van der Waals surface area (Å²) in [5.41, 5.74) is -4.32. The topological polar surface area (TPSA) is 113 Å². The van der Waals surface area contributed by atoms with Gasteiger partial charge in [0.2, 0.25) is 5.91 Å². The standard InChI is InChI=1S/C31H22F6N2O5S2/c32-30(33,34)28-20(12-16-26(40)38-21-13-9-19(10-14-21)17-27(41)42)11-15-25(29(28)31(35,36)37)45-23-6-4-5-22(18-23)39-46(43,44)24-7-2-1-3-8-24/h1-16,18,39H,17H2,(H,38,40)(H,41,42). The number of carbonyl (C=O) groups excluding carboxylic acids is 1. The first-order chi connectivity index (χ1) is 21.5. The molecule has 0 aromatic heterocycles. The predicted octanol–water partition coefficient (Wildman–Crippen LogP) is 7.96. The van der Waals surface area contributed by atoms with Crippen LogP contribution < -0.4 is 10.0 Å². The molecule has 0 aliphatic heterocycles. The van der Waals surface area contributed by atoms with Gasteiger partial charge in [-0.15, -0.1) is 0 Å². The van der Waals surface area contributed by atoms with Gasteiger partial charge >= 0.3 is 18.3 Å². The van der Waals surface area contributed by atoms with Crippen LogP contribution >= 0.6 is 11.8 Å². The lowest BCUT2D eigenvalue weighted by Gasteiger charge is -2.21. The molecule has 7 nitrogen and oxygen atoms in total. The Morgan fingerprint density at radius 3 is 2.04 bits per heavy atom. The second-order valence-electron chi connectivity index (χ2n) is 9.54. The number of alkyl halides is 6. The van der Waals surface area contributed by atoms with E-state index in [1.807, 2.05) is 0 Å². The highest BCUT2D eigenvalue weighted by Gasteiger charge is 2.46.